The molecule has 0 aliphatic carbocycles. The van der Waals surface area contributed by atoms with Crippen LogP contribution < -0.4 is 15.1 Å². The molecule has 1 aromatic carbocycles. The normalized spacial score (nSPS) is 11.6. The van der Waals surface area contributed by atoms with Crippen molar-refractivity contribution in [3.8, 4) is 0 Å². The van der Waals surface area contributed by atoms with Crippen LogP contribution in [0, 0.1) is 0 Å². The maximum Gasteiger partial charge on any atom is 0.343 e. The molecular weight excluding hydrogens is 348 g/mol. The highest BCUT2D eigenvalue weighted by Crippen LogP contribution is 2.30. The number of pyridine rings is 1. The monoisotopic (exact) mass is 377 g/mol. The zero-order valence-corrected chi connectivity index (χ0v) is 17.4. The van der Waals surface area contributed by atoms with Crippen LogP contribution in [0.4, 0.5) is 5.69 Å². The summed E-state index contributed by atoms with van der Waals surface area (Å²) in [7, 11) is 1.99. The summed E-state index contributed by atoms with van der Waals surface area (Å²) in [5, 5.41) is 1.00. The summed E-state index contributed by atoms with van der Waals surface area (Å²) in [5.41, 5.74) is 4.13. The number of anilines is 1. The summed E-state index contributed by atoms with van der Waals surface area (Å²) in [6.07, 6.45) is 5.84. The predicted octanol–water partition coefficient (Wildman–Crippen LogP) is 4.76. The van der Waals surface area contributed by atoms with Crippen molar-refractivity contribution >= 4 is 28.8 Å². The lowest BCUT2D eigenvalue weighted by Crippen LogP contribution is -2.30. The first-order valence-corrected chi connectivity index (χ1v) is 9.94. The van der Waals surface area contributed by atoms with Gasteiger partial charge in [-0.05, 0) is 49.6 Å². The number of aryl methyl sites for hydroxylation is 1. The second kappa shape index (κ2) is 8.42. The lowest BCUT2D eigenvalue weighted by Gasteiger charge is -2.21. The number of aromatic nitrogens is 1. The average Bonchev–Trinajstić information content (AvgIpc) is 2.67. The van der Waals surface area contributed by atoms with E-state index in [0.717, 1.165) is 35.4 Å². The van der Waals surface area contributed by atoms with Crippen molar-refractivity contribution in [2.75, 3.05) is 18.0 Å². The van der Waals surface area contributed by atoms with Crippen LogP contribution in [0.25, 0.3) is 23.1 Å². The Kier molecular flexibility index (Phi) is 5.98. The average molecular weight is 378 g/mol. The molecule has 0 spiro atoms. The van der Waals surface area contributed by atoms with Gasteiger partial charge in [-0.15, -0.1) is 0 Å². The maximum absolute atomic E-state index is 12.8. The summed E-state index contributed by atoms with van der Waals surface area (Å²) in [6, 6.07) is 12.2. The summed E-state index contributed by atoms with van der Waals surface area (Å²) in [5.74, 6) is 0.204. The smallest absolute Gasteiger partial charge is 0.343 e. The van der Waals surface area contributed by atoms with Crippen LogP contribution in [0.2, 0.25) is 0 Å². The Morgan fingerprint density at radius 2 is 1.86 bits per heavy atom. The molecule has 4 nitrogen and oxygen atoms in total. The topological polar surface area (TPSA) is 37.3 Å². The van der Waals surface area contributed by atoms with E-state index < -0.39 is 0 Å². The van der Waals surface area contributed by atoms with Crippen LogP contribution in [-0.4, -0.2) is 13.1 Å². The second-order valence-electron chi connectivity index (χ2n) is 7.29. The van der Waals surface area contributed by atoms with E-state index in [1.165, 1.54) is 0 Å². The van der Waals surface area contributed by atoms with E-state index in [1.807, 2.05) is 54.2 Å². The quantitative estimate of drug-likeness (QED) is 0.459. The Hall–Kier alpha value is -2.88. The van der Waals surface area contributed by atoms with Gasteiger partial charge in [-0.1, -0.05) is 13.8 Å². The largest absolute Gasteiger partial charge is 0.422 e. The molecule has 2 aromatic heterocycles. The van der Waals surface area contributed by atoms with Gasteiger partial charge in [0.15, 0.2) is 6.20 Å². The molecule has 0 bridgehead atoms. The minimum atomic E-state index is -0.289. The number of rotatable bonds is 6. The highest BCUT2D eigenvalue weighted by atomic mass is 16.4. The number of benzene rings is 1. The van der Waals surface area contributed by atoms with E-state index in [1.54, 1.807) is 0 Å². The minimum absolute atomic E-state index is 0.204. The Morgan fingerprint density at radius 1 is 1.11 bits per heavy atom. The summed E-state index contributed by atoms with van der Waals surface area (Å²) in [6.45, 7) is 10.3. The molecular formula is C24H29N2O2+. The molecule has 3 aromatic rings. The van der Waals surface area contributed by atoms with Gasteiger partial charge in [-0.25, -0.2) is 9.36 Å². The second-order valence-corrected chi connectivity index (χ2v) is 7.29. The fourth-order valence-electron chi connectivity index (χ4n) is 3.67. The Labute approximate surface area is 166 Å². The molecule has 0 radical (unpaired) electrons. The first-order chi connectivity index (χ1) is 13.5. The van der Waals surface area contributed by atoms with Crippen molar-refractivity contribution in [1.29, 1.82) is 0 Å². The van der Waals surface area contributed by atoms with Gasteiger partial charge in [0, 0.05) is 48.4 Å². The molecule has 4 heteroatoms. The van der Waals surface area contributed by atoms with E-state index in [2.05, 4.69) is 44.7 Å². The summed E-state index contributed by atoms with van der Waals surface area (Å²) >= 11 is 0. The van der Waals surface area contributed by atoms with Crippen LogP contribution in [-0.2, 0) is 7.05 Å². The Bertz CT molecular complexity index is 1060. The van der Waals surface area contributed by atoms with Crippen LogP contribution in [0.3, 0.4) is 0 Å². The molecule has 0 aliphatic rings. The molecule has 0 unspecified atom stereocenters. The van der Waals surface area contributed by atoms with Crippen molar-refractivity contribution in [2.45, 2.75) is 33.6 Å². The third kappa shape index (κ3) is 3.86. The molecule has 2 heterocycles. The first kappa shape index (κ1) is 19.9. The molecule has 0 saturated heterocycles. The van der Waals surface area contributed by atoms with E-state index in [4.69, 9.17) is 4.42 Å². The van der Waals surface area contributed by atoms with E-state index in [0.29, 0.717) is 11.1 Å². The first-order valence-electron chi connectivity index (χ1n) is 9.94. The van der Waals surface area contributed by atoms with Gasteiger partial charge in [0.25, 0.3) is 0 Å². The molecule has 28 heavy (non-hydrogen) atoms. The third-order valence-corrected chi connectivity index (χ3v) is 5.19. The van der Waals surface area contributed by atoms with Gasteiger partial charge < -0.3 is 9.32 Å². The number of hydrogen-bond donors (Lipinski definition) is 0. The van der Waals surface area contributed by atoms with E-state index >= 15 is 0 Å². The van der Waals surface area contributed by atoms with Gasteiger partial charge in [-0.3, -0.25) is 0 Å². The number of nitrogens with zero attached hydrogens (tertiary/aromatic N) is 2. The molecule has 0 fully saturated rings. The highest BCUT2D eigenvalue weighted by molar-refractivity contribution is 5.88. The summed E-state index contributed by atoms with van der Waals surface area (Å²) < 4.78 is 7.76. The Balaban J connectivity index is 2.17. The fraction of sp³-hybridized carbons (Fsp3) is 0.333. The molecule has 0 N–H and O–H groups in total. The van der Waals surface area contributed by atoms with Crippen LogP contribution >= 0.6 is 0 Å². The third-order valence-electron chi connectivity index (χ3n) is 5.19. The fourth-order valence-corrected chi connectivity index (χ4v) is 3.67. The van der Waals surface area contributed by atoms with Crippen molar-refractivity contribution in [3.05, 3.63) is 69.8 Å². The standard InChI is InChI=1S/C24H29N2O2/c1-6-26(7-2)19-12-13-20-22(16-19)28-24(27)21(23(20)17(3)4)14-11-18-10-8-9-15-25(18)5/h8-17H,6-7H2,1-5H3/q+1. The molecule has 0 amide bonds. The van der Waals surface area contributed by atoms with Crippen molar-refractivity contribution in [2.24, 2.45) is 7.05 Å². The maximum atomic E-state index is 12.8. The predicted molar refractivity (Wildman–Crippen MR) is 117 cm³/mol. The van der Waals surface area contributed by atoms with Crippen molar-refractivity contribution < 1.29 is 8.98 Å². The minimum Gasteiger partial charge on any atom is -0.422 e. The molecule has 3 rings (SSSR count). The van der Waals surface area contributed by atoms with Crippen LogP contribution in [0.5, 0.6) is 0 Å². The number of fused-ring (bicyclic) bond motifs is 1. The molecule has 0 saturated carbocycles. The Morgan fingerprint density at radius 3 is 2.50 bits per heavy atom. The van der Waals surface area contributed by atoms with Crippen molar-refractivity contribution in [1.82, 2.24) is 0 Å². The van der Waals surface area contributed by atoms with Gasteiger partial charge in [0.2, 0.25) is 5.69 Å². The molecule has 0 atom stereocenters. The van der Waals surface area contributed by atoms with Crippen LogP contribution in [0.15, 0.2) is 51.8 Å². The zero-order valence-electron chi connectivity index (χ0n) is 17.4. The summed E-state index contributed by atoms with van der Waals surface area (Å²) in [4.78, 5) is 15.1. The van der Waals surface area contributed by atoms with Gasteiger partial charge in [0.05, 0.1) is 5.56 Å². The molecule has 146 valence electrons. The van der Waals surface area contributed by atoms with Crippen LogP contribution in [0.1, 0.15) is 50.4 Å². The van der Waals surface area contributed by atoms with Crippen molar-refractivity contribution in [3.63, 3.8) is 0 Å². The lowest BCUT2D eigenvalue weighted by atomic mass is 9.94. The zero-order chi connectivity index (χ0) is 20.3. The highest BCUT2D eigenvalue weighted by Gasteiger charge is 2.17. The molecule has 0 aliphatic heterocycles. The lowest BCUT2D eigenvalue weighted by molar-refractivity contribution is -0.673. The SMILES string of the molecule is CCN(CC)c1ccc2c(C(C)C)c(/C=C/c3cccc[n+]3C)c(=O)oc2c1. The number of hydrogen-bond acceptors (Lipinski definition) is 3. The van der Waals surface area contributed by atoms with E-state index in [9.17, 15) is 4.79 Å². The van der Waals surface area contributed by atoms with Gasteiger partial charge in [-0.2, -0.15) is 0 Å². The van der Waals surface area contributed by atoms with E-state index in [-0.39, 0.29) is 11.5 Å². The van der Waals surface area contributed by atoms with Gasteiger partial charge >= 0.3 is 5.63 Å². The van der Waals surface area contributed by atoms with Gasteiger partial charge in [0.1, 0.15) is 12.6 Å².